The van der Waals surface area contributed by atoms with Gasteiger partial charge in [0.05, 0.1) is 34.9 Å². The van der Waals surface area contributed by atoms with Crippen molar-refractivity contribution in [2.75, 3.05) is 17.2 Å². The largest absolute Gasteiger partial charge is 0.383 e. The summed E-state index contributed by atoms with van der Waals surface area (Å²) in [7, 11) is 0. The summed E-state index contributed by atoms with van der Waals surface area (Å²) in [5.74, 6) is -0.387. The van der Waals surface area contributed by atoms with Crippen LogP contribution in [0.3, 0.4) is 0 Å². The molecule has 0 saturated heterocycles. The van der Waals surface area contributed by atoms with Crippen molar-refractivity contribution in [2.24, 2.45) is 0 Å². The number of pyridine rings is 2. The van der Waals surface area contributed by atoms with Crippen molar-refractivity contribution in [3.8, 4) is 6.07 Å². The average molecular weight is 542 g/mol. The first-order chi connectivity index (χ1) is 19.4. The highest BCUT2D eigenvalue weighted by atomic mass is 35.5. The Kier molecular flexibility index (Phi) is 6.55. The first-order valence-corrected chi connectivity index (χ1v) is 13.0. The minimum absolute atomic E-state index is 0.366. The van der Waals surface area contributed by atoms with Gasteiger partial charge in [-0.2, -0.15) is 5.26 Å². The Balaban J connectivity index is 1.38. The van der Waals surface area contributed by atoms with Crippen LogP contribution in [0.4, 0.5) is 15.8 Å². The molecular formula is C29H26ClFN8. The molecule has 2 aliphatic rings. The van der Waals surface area contributed by atoms with Gasteiger partial charge in [-0.1, -0.05) is 29.8 Å². The fourth-order valence-corrected chi connectivity index (χ4v) is 4.80. The van der Waals surface area contributed by atoms with Gasteiger partial charge in [-0.05, 0) is 54.8 Å². The topological polar surface area (TPSA) is 101 Å². The number of nitrogens with zero attached hydrogens (tertiary/aromatic N) is 4. The molecule has 4 aromatic rings. The highest BCUT2D eigenvalue weighted by Gasteiger charge is 2.32. The molecule has 4 N–H and O–H groups in total. The van der Waals surface area contributed by atoms with Crippen molar-refractivity contribution in [3.63, 3.8) is 0 Å². The number of fused-ring (bicyclic) bond motifs is 1. The van der Waals surface area contributed by atoms with Crippen LogP contribution in [0.5, 0.6) is 0 Å². The molecule has 1 aliphatic heterocycles. The van der Waals surface area contributed by atoms with Gasteiger partial charge < -0.3 is 16.1 Å². The summed E-state index contributed by atoms with van der Waals surface area (Å²) >= 11 is 6.70. The third-order valence-corrected chi connectivity index (χ3v) is 6.94. The van der Waals surface area contributed by atoms with E-state index in [0.717, 1.165) is 18.5 Å². The molecule has 1 fully saturated rings. The summed E-state index contributed by atoms with van der Waals surface area (Å²) in [5, 5.41) is 19.5. The lowest BCUT2D eigenvalue weighted by Gasteiger charge is -2.22. The smallest absolute Gasteiger partial charge is 0.123 e. The molecule has 0 spiro atoms. The first-order valence-electron chi connectivity index (χ1n) is 13.2. The SMILES string of the molecule is [2H][C@](Nc1cc(Cl)c2ncc(C#N)c(NCCc3ccccn3)c2c1)(C1=CN(C2CC2)NN1)c1ccc(F)cc1. The maximum atomic E-state index is 13.8. The molecule has 2 aromatic carbocycles. The third kappa shape index (κ3) is 5.43. The van der Waals surface area contributed by atoms with E-state index in [-0.39, 0.29) is 5.82 Å². The van der Waals surface area contributed by atoms with Crippen molar-refractivity contribution in [3.05, 3.63) is 107 Å². The van der Waals surface area contributed by atoms with E-state index in [4.69, 9.17) is 11.6 Å². The van der Waals surface area contributed by atoms with Crippen molar-refractivity contribution < 1.29 is 5.76 Å². The first kappa shape index (κ1) is 23.7. The van der Waals surface area contributed by atoms with Gasteiger partial charge in [-0.15, -0.1) is 5.53 Å². The molecule has 1 aliphatic carbocycles. The highest BCUT2D eigenvalue weighted by Crippen LogP contribution is 2.36. The third-order valence-electron chi connectivity index (χ3n) is 6.65. The van der Waals surface area contributed by atoms with Crippen LogP contribution in [-0.2, 0) is 6.42 Å². The second-order valence-corrected chi connectivity index (χ2v) is 9.84. The predicted molar refractivity (Wildman–Crippen MR) is 150 cm³/mol. The van der Waals surface area contributed by atoms with Crippen LogP contribution in [0, 0.1) is 17.1 Å². The quantitative estimate of drug-likeness (QED) is 0.222. The Morgan fingerprint density at radius 1 is 1.21 bits per heavy atom. The fraction of sp³-hybridized carbons (Fsp3) is 0.207. The van der Waals surface area contributed by atoms with E-state index in [0.29, 0.717) is 63.1 Å². The van der Waals surface area contributed by atoms with Gasteiger partial charge in [0.1, 0.15) is 11.9 Å². The summed E-state index contributed by atoms with van der Waals surface area (Å²) in [5.41, 5.74) is 10.3. The molecule has 0 amide bonds. The Bertz CT molecular complexity index is 1620. The lowest BCUT2D eigenvalue weighted by atomic mass is 10.0. The highest BCUT2D eigenvalue weighted by molar-refractivity contribution is 6.35. The van der Waals surface area contributed by atoms with Gasteiger partial charge >= 0.3 is 0 Å². The van der Waals surface area contributed by atoms with E-state index in [2.05, 4.69) is 37.6 Å². The second kappa shape index (κ2) is 10.8. The summed E-state index contributed by atoms with van der Waals surface area (Å²) < 4.78 is 23.4. The van der Waals surface area contributed by atoms with Crippen molar-refractivity contribution >= 4 is 33.9 Å². The zero-order chi connectivity index (χ0) is 27.7. The number of nitriles is 1. The number of hydrazine groups is 2. The van der Waals surface area contributed by atoms with Crippen LogP contribution in [0.2, 0.25) is 5.02 Å². The monoisotopic (exact) mass is 541 g/mol. The van der Waals surface area contributed by atoms with Gasteiger partial charge in [-0.3, -0.25) is 15.0 Å². The zero-order valence-corrected chi connectivity index (χ0v) is 21.6. The number of benzene rings is 2. The molecular weight excluding hydrogens is 515 g/mol. The van der Waals surface area contributed by atoms with Gasteiger partial charge in [-0.25, -0.2) is 4.39 Å². The van der Waals surface area contributed by atoms with E-state index >= 15 is 0 Å². The van der Waals surface area contributed by atoms with Crippen LogP contribution in [0.15, 0.2) is 78.9 Å². The molecule has 3 heterocycles. The van der Waals surface area contributed by atoms with Crippen LogP contribution in [-0.4, -0.2) is 27.6 Å². The lowest BCUT2D eigenvalue weighted by molar-refractivity contribution is 0.260. The van der Waals surface area contributed by atoms with Gasteiger partial charge in [0.2, 0.25) is 0 Å². The number of aromatic nitrogens is 2. The van der Waals surface area contributed by atoms with Crippen LogP contribution in [0.25, 0.3) is 10.9 Å². The number of anilines is 2. The minimum atomic E-state index is -1.52. The Morgan fingerprint density at radius 2 is 2.05 bits per heavy atom. The Morgan fingerprint density at radius 3 is 2.79 bits per heavy atom. The molecule has 10 heteroatoms. The van der Waals surface area contributed by atoms with E-state index in [1.165, 1.54) is 18.3 Å². The summed E-state index contributed by atoms with van der Waals surface area (Å²) in [6.07, 6.45) is 7.91. The molecule has 196 valence electrons. The van der Waals surface area contributed by atoms with Crippen LogP contribution in [0.1, 0.15) is 37.1 Å². The maximum absolute atomic E-state index is 13.8. The molecule has 0 unspecified atom stereocenters. The van der Waals surface area contributed by atoms with Crippen molar-refractivity contribution in [2.45, 2.75) is 31.3 Å². The number of halogens is 2. The molecule has 0 bridgehead atoms. The van der Waals surface area contributed by atoms with Crippen LogP contribution >= 0.6 is 11.6 Å². The Labute approximate surface area is 231 Å². The molecule has 1 atom stereocenters. The maximum Gasteiger partial charge on any atom is 0.123 e. The number of hydrogen-bond donors (Lipinski definition) is 4. The second-order valence-electron chi connectivity index (χ2n) is 9.44. The van der Waals surface area contributed by atoms with Gasteiger partial charge in [0, 0.05) is 54.4 Å². The van der Waals surface area contributed by atoms with E-state index in [1.54, 1.807) is 24.4 Å². The molecule has 1 saturated carbocycles. The summed E-state index contributed by atoms with van der Waals surface area (Å²) in [4.78, 5) is 8.80. The minimum Gasteiger partial charge on any atom is -0.383 e. The van der Waals surface area contributed by atoms with Gasteiger partial charge in [0.15, 0.2) is 0 Å². The number of hydrogen-bond acceptors (Lipinski definition) is 8. The van der Waals surface area contributed by atoms with Crippen LogP contribution < -0.4 is 21.6 Å². The van der Waals surface area contributed by atoms with Gasteiger partial charge in [0.25, 0.3) is 0 Å². The van der Waals surface area contributed by atoms with Crippen molar-refractivity contribution in [1.82, 2.24) is 25.9 Å². The van der Waals surface area contributed by atoms with Crippen molar-refractivity contribution in [1.29, 1.82) is 5.26 Å². The standard InChI is InChI=1S/C29H26ClFN8/c30-25-14-22(36-28(18-4-6-20(31)7-5-18)26-17-39(38-37-26)23-8-9-23)13-24-27(19(15-32)16-35-29(24)25)34-12-10-21-3-1-2-11-33-21/h1-7,11,13-14,16-17,23,28,36-38H,8-10,12H2,(H,34,35)/t28-/m1/s1/i28D. The van der Waals surface area contributed by atoms with E-state index in [1.807, 2.05) is 35.5 Å². The molecule has 6 rings (SSSR count). The summed E-state index contributed by atoms with van der Waals surface area (Å²) in [6.45, 7) is 0.539. The molecule has 39 heavy (non-hydrogen) atoms. The van der Waals surface area contributed by atoms with E-state index < -0.39 is 6.02 Å². The normalized spacial score (nSPS) is 16.6. The lowest BCUT2D eigenvalue weighted by Crippen LogP contribution is -2.38. The summed E-state index contributed by atoms with van der Waals surface area (Å²) in [6, 6.07) is 16.2. The Hall–Kier alpha value is -4.39. The zero-order valence-electron chi connectivity index (χ0n) is 21.9. The molecule has 2 aromatic heterocycles. The predicted octanol–water partition coefficient (Wildman–Crippen LogP) is 5.43. The number of rotatable bonds is 9. The average Bonchev–Trinajstić information content (AvgIpc) is 3.69. The molecule has 0 radical (unpaired) electrons. The van der Waals surface area contributed by atoms with E-state index in [9.17, 15) is 11.0 Å². The fourth-order valence-electron chi connectivity index (χ4n) is 4.53. The number of nitrogens with one attached hydrogen (secondary N) is 4. The molecule has 8 nitrogen and oxygen atoms in total.